The normalized spacial score (nSPS) is 10.8. The van der Waals surface area contributed by atoms with Crippen molar-refractivity contribution in [1.82, 2.24) is 0 Å². The van der Waals surface area contributed by atoms with Crippen molar-refractivity contribution < 1.29 is 14.7 Å². The van der Waals surface area contributed by atoms with Crippen LogP contribution >= 0.6 is 11.6 Å². The minimum absolute atomic E-state index is 0.354. The molecule has 1 N–H and O–H groups in total. The van der Waals surface area contributed by atoms with Crippen LogP contribution in [0.25, 0.3) is 0 Å². The van der Waals surface area contributed by atoms with E-state index >= 15 is 0 Å². The van der Waals surface area contributed by atoms with E-state index in [0.717, 1.165) is 11.1 Å². The average Bonchev–Trinajstić information content (AvgIpc) is 2.49. The van der Waals surface area contributed by atoms with Crippen LogP contribution in [-0.4, -0.2) is 18.0 Å². The molecule has 0 amide bonds. The summed E-state index contributed by atoms with van der Waals surface area (Å²) in [7, 11) is 0. The summed E-state index contributed by atoms with van der Waals surface area (Å²) in [5, 5.41) is 12.2. The molecule has 0 radical (unpaired) electrons. The van der Waals surface area contributed by atoms with Crippen LogP contribution in [0.5, 0.6) is 11.5 Å². The third-order valence-electron chi connectivity index (χ3n) is 2.82. The summed E-state index contributed by atoms with van der Waals surface area (Å²) in [6.45, 7) is 2.76. The molecule has 0 aliphatic carbocycles. The lowest BCUT2D eigenvalue weighted by Gasteiger charge is -2.13. The molecule has 110 valence electrons. The van der Waals surface area contributed by atoms with Gasteiger partial charge in [0.05, 0.1) is 12.8 Å². The molecule has 4 nitrogen and oxygen atoms in total. The first kappa shape index (κ1) is 15.2. The van der Waals surface area contributed by atoms with Gasteiger partial charge in [0.15, 0.2) is 11.5 Å². The van der Waals surface area contributed by atoms with Crippen LogP contribution in [0, 0.1) is 0 Å². The molecule has 2 aromatic rings. The number of ether oxygens (including phenoxy) is 2. The Kier molecular flexibility index (Phi) is 5.46. The number of hydrogen-bond donors (Lipinski definition) is 1. The van der Waals surface area contributed by atoms with Crippen LogP contribution in [0.4, 0.5) is 0 Å². The lowest BCUT2D eigenvalue weighted by atomic mass is 10.2. The second-order valence-electron chi connectivity index (χ2n) is 4.26. The number of oxime groups is 1. The van der Waals surface area contributed by atoms with Crippen molar-refractivity contribution >= 4 is 17.8 Å². The van der Waals surface area contributed by atoms with E-state index in [9.17, 15) is 0 Å². The van der Waals surface area contributed by atoms with E-state index in [4.69, 9.17) is 26.3 Å². The average molecular weight is 306 g/mol. The Bertz CT molecular complexity index is 629. The molecule has 21 heavy (non-hydrogen) atoms. The van der Waals surface area contributed by atoms with Gasteiger partial charge in [-0.1, -0.05) is 35.0 Å². The van der Waals surface area contributed by atoms with Gasteiger partial charge in [-0.3, -0.25) is 0 Å². The first-order chi connectivity index (χ1) is 10.2. The second kappa shape index (κ2) is 7.55. The summed E-state index contributed by atoms with van der Waals surface area (Å²) >= 11 is 6.10. The Labute approximate surface area is 128 Å². The smallest absolute Gasteiger partial charge is 0.161 e. The summed E-state index contributed by atoms with van der Waals surface area (Å²) in [5.41, 5.74) is 1.63. The SMILES string of the molecule is CCOc1cc(C=NO)ccc1OCc1ccccc1Cl. The van der Waals surface area contributed by atoms with Crippen molar-refractivity contribution in [1.29, 1.82) is 0 Å². The van der Waals surface area contributed by atoms with Gasteiger partial charge in [0.2, 0.25) is 0 Å². The van der Waals surface area contributed by atoms with Crippen molar-refractivity contribution in [3.05, 3.63) is 58.6 Å². The minimum Gasteiger partial charge on any atom is -0.490 e. The van der Waals surface area contributed by atoms with Crippen LogP contribution in [0.15, 0.2) is 47.6 Å². The van der Waals surface area contributed by atoms with Gasteiger partial charge in [0, 0.05) is 16.1 Å². The zero-order chi connectivity index (χ0) is 15.1. The Hall–Kier alpha value is -2.20. The molecule has 0 aliphatic rings. The van der Waals surface area contributed by atoms with Gasteiger partial charge in [-0.25, -0.2) is 0 Å². The highest BCUT2D eigenvalue weighted by atomic mass is 35.5. The van der Waals surface area contributed by atoms with Crippen LogP contribution in [0.1, 0.15) is 18.1 Å². The van der Waals surface area contributed by atoms with Gasteiger partial charge in [0.25, 0.3) is 0 Å². The highest BCUT2D eigenvalue weighted by Crippen LogP contribution is 2.29. The molecule has 0 unspecified atom stereocenters. The maximum Gasteiger partial charge on any atom is 0.161 e. The van der Waals surface area contributed by atoms with Gasteiger partial charge in [-0.15, -0.1) is 0 Å². The maximum atomic E-state index is 8.58. The summed E-state index contributed by atoms with van der Waals surface area (Å²) in [4.78, 5) is 0. The minimum atomic E-state index is 0.354. The molecule has 2 aromatic carbocycles. The fraction of sp³-hybridized carbons (Fsp3) is 0.188. The lowest BCUT2D eigenvalue weighted by molar-refractivity contribution is 0.269. The highest BCUT2D eigenvalue weighted by molar-refractivity contribution is 6.31. The van der Waals surface area contributed by atoms with E-state index in [0.29, 0.717) is 29.7 Å². The number of halogens is 1. The van der Waals surface area contributed by atoms with E-state index in [1.54, 1.807) is 18.2 Å². The molecule has 2 rings (SSSR count). The zero-order valence-corrected chi connectivity index (χ0v) is 12.4. The topological polar surface area (TPSA) is 51.0 Å². The number of nitrogens with zero attached hydrogens (tertiary/aromatic N) is 1. The highest BCUT2D eigenvalue weighted by Gasteiger charge is 2.07. The first-order valence-corrected chi connectivity index (χ1v) is 6.93. The van der Waals surface area contributed by atoms with Gasteiger partial charge < -0.3 is 14.7 Å². The standard InChI is InChI=1S/C16H16ClNO3/c1-2-20-16-9-12(10-18-19)7-8-15(16)21-11-13-5-3-4-6-14(13)17/h3-10,19H,2,11H2,1H3. The zero-order valence-electron chi connectivity index (χ0n) is 11.6. The van der Waals surface area contributed by atoms with Crippen molar-refractivity contribution in [3.8, 4) is 11.5 Å². The molecule has 0 bridgehead atoms. The third kappa shape index (κ3) is 4.13. The molecule has 0 aliphatic heterocycles. The van der Waals surface area contributed by atoms with Crippen LogP contribution < -0.4 is 9.47 Å². The lowest BCUT2D eigenvalue weighted by Crippen LogP contribution is -2.00. The predicted octanol–water partition coefficient (Wildman–Crippen LogP) is 4.13. The molecule has 0 spiro atoms. The van der Waals surface area contributed by atoms with Crippen molar-refractivity contribution in [2.45, 2.75) is 13.5 Å². The van der Waals surface area contributed by atoms with E-state index in [2.05, 4.69) is 5.16 Å². The summed E-state index contributed by atoms with van der Waals surface area (Å²) in [6.07, 6.45) is 1.33. The van der Waals surface area contributed by atoms with Gasteiger partial charge >= 0.3 is 0 Å². The Balaban J connectivity index is 2.17. The molecular weight excluding hydrogens is 290 g/mol. The van der Waals surface area contributed by atoms with Crippen LogP contribution in [0.3, 0.4) is 0 Å². The number of rotatable bonds is 6. The summed E-state index contributed by atoms with van der Waals surface area (Å²) < 4.78 is 11.3. The quantitative estimate of drug-likeness (QED) is 0.496. The van der Waals surface area contributed by atoms with Gasteiger partial charge in [-0.05, 0) is 31.2 Å². The van der Waals surface area contributed by atoms with E-state index in [-0.39, 0.29) is 0 Å². The molecule has 0 heterocycles. The Morgan fingerprint density at radius 3 is 2.67 bits per heavy atom. The van der Waals surface area contributed by atoms with E-state index in [1.807, 2.05) is 31.2 Å². The van der Waals surface area contributed by atoms with Gasteiger partial charge in [-0.2, -0.15) is 0 Å². The largest absolute Gasteiger partial charge is 0.490 e. The van der Waals surface area contributed by atoms with Crippen molar-refractivity contribution in [2.75, 3.05) is 6.61 Å². The van der Waals surface area contributed by atoms with Crippen LogP contribution in [-0.2, 0) is 6.61 Å². The fourth-order valence-electron chi connectivity index (χ4n) is 1.83. The number of benzene rings is 2. The molecular formula is C16H16ClNO3. The Morgan fingerprint density at radius 1 is 1.14 bits per heavy atom. The third-order valence-corrected chi connectivity index (χ3v) is 3.18. The number of hydrogen-bond acceptors (Lipinski definition) is 4. The summed E-state index contributed by atoms with van der Waals surface area (Å²) in [5.74, 6) is 1.22. The Morgan fingerprint density at radius 2 is 1.95 bits per heavy atom. The van der Waals surface area contributed by atoms with Crippen molar-refractivity contribution in [2.24, 2.45) is 5.16 Å². The monoisotopic (exact) mass is 305 g/mol. The van der Waals surface area contributed by atoms with Crippen LogP contribution in [0.2, 0.25) is 5.02 Å². The summed E-state index contributed by atoms with van der Waals surface area (Å²) in [6, 6.07) is 12.8. The van der Waals surface area contributed by atoms with Crippen molar-refractivity contribution in [3.63, 3.8) is 0 Å². The first-order valence-electron chi connectivity index (χ1n) is 6.55. The maximum absolute atomic E-state index is 8.58. The van der Waals surface area contributed by atoms with Gasteiger partial charge in [0.1, 0.15) is 6.61 Å². The van der Waals surface area contributed by atoms with E-state index < -0.39 is 0 Å². The molecule has 5 heteroatoms. The molecule has 0 saturated carbocycles. The van der Waals surface area contributed by atoms with E-state index in [1.165, 1.54) is 6.21 Å². The molecule has 0 aromatic heterocycles. The fourth-order valence-corrected chi connectivity index (χ4v) is 2.02. The second-order valence-corrected chi connectivity index (χ2v) is 4.67. The predicted molar refractivity (Wildman–Crippen MR) is 82.8 cm³/mol. The molecule has 0 saturated heterocycles. The molecule has 0 fully saturated rings. The molecule has 0 atom stereocenters.